The molecule has 2 aromatic rings. The van der Waals surface area contributed by atoms with E-state index in [9.17, 15) is 9.59 Å². The van der Waals surface area contributed by atoms with Gasteiger partial charge in [0.15, 0.2) is 4.96 Å². The van der Waals surface area contributed by atoms with Crippen LogP contribution in [0.15, 0.2) is 17.8 Å². The highest BCUT2D eigenvalue weighted by Gasteiger charge is 2.23. The van der Waals surface area contributed by atoms with Gasteiger partial charge in [-0.25, -0.2) is 9.78 Å². The lowest BCUT2D eigenvalue weighted by Gasteiger charge is -2.22. The van der Waals surface area contributed by atoms with Gasteiger partial charge in [-0.15, -0.1) is 11.3 Å². The molecule has 0 spiro atoms. The molecule has 0 fully saturated rings. The van der Waals surface area contributed by atoms with Gasteiger partial charge in [-0.3, -0.25) is 9.20 Å². The summed E-state index contributed by atoms with van der Waals surface area (Å²) in [6.45, 7) is 6.98. The lowest BCUT2D eigenvalue weighted by atomic mass is 10.2. The molecule has 114 valence electrons. The molecule has 1 atom stereocenters. The van der Waals surface area contributed by atoms with E-state index in [1.54, 1.807) is 27.7 Å². The first-order valence-corrected chi connectivity index (χ1v) is 7.56. The maximum absolute atomic E-state index is 11.9. The fourth-order valence-corrected chi connectivity index (χ4v) is 2.49. The minimum atomic E-state index is -0.680. The average molecular weight is 309 g/mol. The second-order valence-electron chi connectivity index (χ2n) is 5.82. The zero-order chi connectivity index (χ0) is 15.6. The van der Waals surface area contributed by atoms with Crippen molar-refractivity contribution in [3.8, 4) is 0 Å². The molecule has 0 saturated heterocycles. The third-order valence-electron chi connectivity index (χ3n) is 2.62. The summed E-state index contributed by atoms with van der Waals surface area (Å²) in [5.74, 6) is -0.694. The van der Waals surface area contributed by atoms with Crippen molar-refractivity contribution in [1.29, 1.82) is 0 Å². The molecule has 0 aliphatic carbocycles. The zero-order valence-corrected chi connectivity index (χ0v) is 13.4. The summed E-state index contributed by atoms with van der Waals surface area (Å²) < 4.78 is 7.08. The minimum Gasteiger partial charge on any atom is -0.458 e. The second-order valence-corrected chi connectivity index (χ2v) is 6.70. The highest BCUT2D eigenvalue weighted by atomic mass is 32.1. The third-order valence-corrected chi connectivity index (χ3v) is 3.39. The highest BCUT2D eigenvalue weighted by molar-refractivity contribution is 7.15. The summed E-state index contributed by atoms with van der Waals surface area (Å²) in [5.41, 5.74) is 0.111. The normalized spacial score (nSPS) is 13.1. The number of carbonyl (C=O) groups excluding carboxylic acids is 2. The lowest BCUT2D eigenvalue weighted by Crippen LogP contribution is -2.42. The van der Waals surface area contributed by atoms with E-state index < -0.39 is 17.6 Å². The monoisotopic (exact) mass is 309 g/mol. The van der Waals surface area contributed by atoms with Crippen LogP contribution in [-0.2, 0) is 20.7 Å². The molecule has 0 unspecified atom stereocenters. The minimum absolute atomic E-state index is 0.140. The Morgan fingerprint density at radius 3 is 2.81 bits per heavy atom. The number of nitrogens with one attached hydrogen (secondary N) is 1. The Balaban J connectivity index is 1.89. The van der Waals surface area contributed by atoms with Crippen molar-refractivity contribution in [1.82, 2.24) is 14.7 Å². The number of thiazole rings is 1. The molecule has 0 aliphatic rings. The molecule has 0 saturated carbocycles. The first kappa shape index (κ1) is 15.5. The van der Waals surface area contributed by atoms with Crippen molar-refractivity contribution >= 4 is 28.2 Å². The number of nitrogens with zero attached hydrogens (tertiary/aromatic N) is 2. The van der Waals surface area contributed by atoms with Crippen LogP contribution >= 0.6 is 11.3 Å². The molecule has 0 bridgehead atoms. The number of esters is 1. The number of hydrogen-bond donors (Lipinski definition) is 1. The van der Waals surface area contributed by atoms with E-state index in [-0.39, 0.29) is 12.3 Å². The first-order valence-electron chi connectivity index (χ1n) is 6.68. The number of ether oxygens (including phenoxy) is 1. The molecule has 6 nitrogen and oxygen atoms in total. The van der Waals surface area contributed by atoms with Crippen molar-refractivity contribution in [2.45, 2.75) is 45.8 Å². The Bertz CT molecular complexity index is 625. The van der Waals surface area contributed by atoms with Gasteiger partial charge >= 0.3 is 5.97 Å². The second kappa shape index (κ2) is 5.85. The molecule has 0 aliphatic heterocycles. The van der Waals surface area contributed by atoms with E-state index in [1.807, 2.05) is 22.2 Å². The van der Waals surface area contributed by atoms with Gasteiger partial charge in [0.1, 0.15) is 11.6 Å². The molecule has 2 rings (SSSR count). The van der Waals surface area contributed by atoms with Crippen LogP contribution in [0.3, 0.4) is 0 Å². The fraction of sp³-hybridized carbons (Fsp3) is 0.500. The quantitative estimate of drug-likeness (QED) is 0.874. The van der Waals surface area contributed by atoms with Gasteiger partial charge in [0.05, 0.1) is 12.1 Å². The van der Waals surface area contributed by atoms with Crippen molar-refractivity contribution in [3.05, 3.63) is 23.5 Å². The van der Waals surface area contributed by atoms with E-state index in [0.717, 1.165) is 4.96 Å². The Morgan fingerprint density at radius 1 is 1.48 bits per heavy atom. The van der Waals surface area contributed by atoms with Gasteiger partial charge in [-0.05, 0) is 27.7 Å². The fourth-order valence-electron chi connectivity index (χ4n) is 1.77. The summed E-state index contributed by atoms with van der Waals surface area (Å²) in [5, 5.41) is 4.56. The highest BCUT2D eigenvalue weighted by Crippen LogP contribution is 2.12. The maximum Gasteiger partial charge on any atom is 0.328 e. The largest absolute Gasteiger partial charge is 0.458 e. The third kappa shape index (κ3) is 4.29. The molecule has 21 heavy (non-hydrogen) atoms. The summed E-state index contributed by atoms with van der Waals surface area (Å²) in [4.78, 5) is 28.9. The molecular formula is C14H19N3O3S. The maximum atomic E-state index is 11.9. The van der Waals surface area contributed by atoms with Crippen LogP contribution in [0.4, 0.5) is 0 Å². The van der Waals surface area contributed by atoms with Crippen molar-refractivity contribution < 1.29 is 14.3 Å². The van der Waals surface area contributed by atoms with Crippen LogP contribution in [0.2, 0.25) is 0 Å². The van der Waals surface area contributed by atoms with Crippen LogP contribution in [0.25, 0.3) is 4.96 Å². The van der Waals surface area contributed by atoms with E-state index >= 15 is 0 Å². The molecular weight excluding hydrogens is 290 g/mol. The number of amides is 1. The van der Waals surface area contributed by atoms with Crippen molar-refractivity contribution in [2.75, 3.05) is 0 Å². The van der Waals surface area contributed by atoms with E-state index in [4.69, 9.17) is 4.74 Å². The average Bonchev–Trinajstić information content (AvgIpc) is 2.86. The summed E-state index contributed by atoms with van der Waals surface area (Å²) in [6.07, 6.45) is 3.84. The van der Waals surface area contributed by atoms with Gasteiger partial charge < -0.3 is 10.1 Å². The molecule has 1 amide bonds. The zero-order valence-electron chi connectivity index (χ0n) is 12.5. The number of fused-ring (bicyclic) bond motifs is 1. The van der Waals surface area contributed by atoms with E-state index in [2.05, 4.69) is 10.3 Å². The van der Waals surface area contributed by atoms with Gasteiger partial charge in [-0.2, -0.15) is 0 Å². The van der Waals surface area contributed by atoms with Crippen LogP contribution < -0.4 is 5.32 Å². The standard InChI is InChI=1S/C14H19N3O3S/c1-9(12(19)20-14(2,3)4)15-11(18)7-10-8-17-5-6-21-13(17)16-10/h5-6,8-9H,7H2,1-4H3,(H,15,18)/t9-/m0/s1. The van der Waals surface area contributed by atoms with Crippen LogP contribution in [0.5, 0.6) is 0 Å². The summed E-state index contributed by atoms with van der Waals surface area (Å²) in [7, 11) is 0. The molecule has 2 heterocycles. The van der Waals surface area contributed by atoms with Crippen molar-refractivity contribution in [2.24, 2.45) is 0 Å². The van der Waals surface area contributed by atoms with Crippen molar-refractivity contribution in [3.63, 3.8) is 0 Å². The Kier molecular flexibility index (Phi) is 4.32. The molecule has 1 N–H and O–H groups in total. The summed E-state index contributed by atoms with van der Waals surface area (Å²) >= 11 is 1.51. The van der Waals surface area contributed by atoms with Gasteiger partial charge in [0.25, 0.3) is 0 Å². The lowest BCUT2D eigenvalue weighted by molar-refractivity contribution is -0.158. The van der Waals surface area contributed by atoms with Crippen LogP contribution in [0, 0.1) is 0 Å². The summed E-state index contributed by atoms with van der Waals surface area (Å²) in [6, 6.07) is -0.680. The number of rotatable bonds is 4. The number of carbonyl (C=O) groups is 2. The SMILES string of the molecule is C[C@H](NC(=O)Cc1cn2ccsc2n1)C(=O)OC(C)(C)C. The Morgan fingerprint density at radius 2 is 2.19 bits per heavy atom. The van der Waals surface area contributed by atoms with Gasteiger partial charge in [0.2, 0.25) is 5.91 Å². The molecule has 0 aromatic carbocycles. The van der Waals surface area contributed by atoms with E-state index in [0.29, 0.717) is 5.69 Å². The van der Waals surface area contributed by atoms with E-state index in [1.165, 1.54) is 11.3 Å². The Hall–Kier alpha value is -1.89. The first-order chi connectivity index (χ1) is 9.74. The molecule has 7 heteroatoms. The smallest absolute Gasteiger partial charge is 0.328 e. The van der Waals surface area contributed by atoms with Gasteiger partial charge in [-0.1, -0.05) is 0 Å². The number of aromatic nitrogens is 2. The number of imidazole rings is 1. The number of hydrogen-bond acceptors (Lipinski definition) is 5. The van der Waals surface area contributed by atoms with Crippen LogP contribution in [-0.4, -0.2) is 32.9 Å². The predicted octanol–water partition coefficient (Wildman–Crippen LogP) is 1.78. The molecule has 0 radical (unpaired) electrons. The van der Waals surface area contributed by atoms with Crippen LogP contribution in [0.1, 0.15) is 33.4 Å². The topological polar surface area (TPSA) is 72.7 Å². The predicted molar refractivity (Wildman–Crippen MR) is 80.2 cm³/mol. The Labute approximate surface area is 127 Å². The molecule has 2 aromatic heterocycles. The van der Waals surface area contributed by atoms with Gasteiger partial charge in [0, 0.05) is 17.8 Å².